The Kier molecular flexibility index (Phi) is 8.12. The molecule has 0 aliphatic carbocycles. The van der Waals surface area contributed by atoms with Gasteiger partial charge in [0.1, 0.15) is 18.3 Å². The molecule has 16 heavy (non-hydrogen) atoms. The summed E-state index contributed by atoms with van der Waals surface area (Å²) in [5.41, 5.74) is 0. The zero-order valence-corrected chi connectivity index (χ0v) is 10.1. The van der Waals surface area contributed by atoms with Crippen molar-refractivity contribution in [1.29, 1.82) is 0 Å². The molecule has 0 heterocycles. The highest BCUT2D eigenvalue weighted by Gasteiger charge is 2.35. The molecule has 0 radical (unpaired) electrons. The monoisotopic (exact) mass is 236 g/mol. The summed E-state index contributed by atoms with van der Waals surface area (Å²) < 4.78 is 27.1. The van der Waals surface area contributed by atoms with Gasteiger partial charge in [0.05, 0.1) is 0 Å². The van der Waals surface area contributed by atoms with Crippen LogP contribution in [-0.2, 0) is 4.79 Å². The highest BCUT2D eigenvalue weighted by Crippen LogP contribution is 2.24. The van der Waals surface area contributed by atoms with E-state index in [1.54, 1.807) is 0 Å². The topological polar surface area (TPSA) is 37.3 Å². The van der Waals surface area contributed by atoms with Crippen LogP contribution in [0.3, 0.4) is 0 Å². The number of hydrogen-bond acceptors (Lipinski definition) is 1. The third-order valence-corrected chi connectivity index (χ3v) is 2.73. The first-order chi connectivity index (χ1) is 7.54. The minimum Gasteiger partial charge on any atom is -0.481 e. The van der Waals surface area contributed by atoms with E-state index in [0.717, 1.165) is 12.8 Å². The highest BCUT2D eigenvalue weighted by atomic mass is 19.1. The molecule has 0 aromatic carbocycles. The lowest BCUT2D eigenvalue weighted by Gasteiger charge is -2.20. The van der Waals surface area contributed by atoms with E-state index in [1.165, 1.54) is 0 Å². The molecule has 0 saturated carbocycles. The Labute approximate surface area is 96.0 Å². The van der Waals surface area contributed by atoms with Crippen LogP contribution >= 0.6 is 0 Å². The zero-order chi connectivity index (χ0) is 12.6. The molecule has 0 bridgehead atoms. The highest BCUT2D eigenvalue weighted by molar-refractivity contribution is 5.71. The summed E-state index contributed by atoms with van der Waals surface area (Å²) >= 11 is 0. The van der Waals surface area contributed by atoms with Crippen molar-refractivity contribution in [2.24, 2.45) is 5.92 Å². The molecular weight excluding hydrogens is 214 g/mol. The molecular formula is C12H22F2O2. The standard InChI is InChI=1S/C12H22F2O2/c1-3-5-7-9(13)11(12(15)16)10(14)8-6-4-2/h9-11H,3-8H2,1-2H3,(H,15,16). The number of carboxylic acids is 1. The number of rotatable bonds is 9. The van der Waals surface area contributed by atoms with Crippen LogP contribution in [-0.4, -0.2) is 23.4 Å². The van der Waals surface area contributed by atoms with E-state index in [-0.39, 0.29) is 12.8 Å². The van der Waals surface area contributed by atoms with Gasteiger partial charge in [0.2, 0.25) is 0 Å². The van der Waals surface area contributed by atoms with E-state index < -0.39 is 24.2 Å². The molecule has 0 fully saturated rings. The van der Waals surface area contributed by atoms with Crippen LogP contribution in [0.25, 0.3) is 0 Å². The van der Waals surface area contributed by atoms with Crippen LogP contribution < -0.4 is 0 Å². The average molecular weight is 236 g/mol. The summed E-state index contributed by atoms with van der Waals surface area (Å²) in [4.78, 5) is 10.8. The normalized spacial score (nSPS) is 16.8. The van der Waals surface area contributed by atoms with Gasteiger partial charge in [0.25, 0.3) is 0 Å². The van der Waals surface area contributed by atoms with Gasteiger partial charge in [0.15, 0.2) is 0 Å². The summed E-state index contributed by atoms with van der Waals surface area (Å²) in [6, 6.07) is 0. The molecule has 4 heteroatoms. The van der Waals surface area contributed by atoms with E-state index in [2.05, 4.69) is 0 Å². The number of unbranched alkanes of at least 4 members (excludes halogenated alkanes) is 2. The maximum absolute atomic E-state index is 13.6. The molecule has 0 aliphatic heterocycles. The van der Waals surface area contributed by atoms with E-state index in [0.29, 0.717) is 12.8 Å². The smallest absolute Gasteiger partial charge is 0.312 e. The molecule has 0 aromatic heterocycles. The fourth-order valence-electron chi connectivity index (χ4n) is 1.69. The van der Waals surface area contributed by atoms with Crippen molar-refractivity contribution < 1.29 is 18.7 Å². The maximum atomic E-state index is 13.6. The fourth-order valence-corrected chi connectivity index (χ4v) is 1.69. The Balaban J connectivity index is 4.28. The van der Waals surface area contributed by atoms with Crippen molar-refractivity contribution in [3.05, 3.63) is 0 Å². The number of halogens is 2. The predicted octanol–water partition coefficient (Wildman–Crippen LogP) is 3.74. The molecule has 2 unspecified atom stereocenters. The number of hydrogen-bond donors (Lipinski definition) is 1. The third-order valence-electron chi connectivity index (χ3n) is 2.73. The zero-order valence-electron chi connectivity index (χ0n) is 10.1. The van der Waals surface area contributed by atoms with Crippen molar-refractivity contribution in [3.8, 4) is 0 Å². The summed E-state index contributed by atoms with van der Waals surface area (Å²) in [6.07, 6.45) is -0.0672. The lowest BCUT2D eigenvalue weighted by atomic mass is 9.91. The van der Waals surface area contributed by atoms with Gasteiger partial charge in [0, 0.05) is 0 Å². The van der Waals surface area contributed by atoms with Gasteiger partial charge in [-0.2, -0.15) is 0 Å². The van der Waals surface area contributed by atoms with Crippen molar-refractivity contribution >= 4 is 5.97 Å². The number of alkyl halides is 2. The van der Waals surface area contributed by atoms with E-state index in [9.17, 15) is 13.6 Å². The summed E-state index contributed by atoms with van der Waals surface area (Å²) in [5, 5.41) is 8.83. The lowest BCUT2D eigenvalue weighted by Crippen LogP contribution is -2.33. The second-order valence-corrected chi connectivity index (χ2v) is 4.18. The second-order valence-electron chi connectivity index (χ2n) is 4.18. The molecule has 0 amide bonds. The quantitative estimate of drug-likeness (QED) is 0.662. The molecule has 1 N–H and O–H groups in total. The van der Waals surface area contributed by atoms with E-state index in [4.69, 9.17) is 5.11 Å². The third kappa shape index (κ3) is 5.42. The first kappa shape index (κ1) is 15.3. The molecule has 2 atom stereocenters. The fraction of sp³-hybridized carbons (Fsp3) is 0.917. The van der Waals surface area contributed by atoms with Crippen molar-refractivity contribution in [2.75, 3.05) is 0 Å². The first-order valence-corrected chi connectivity index (χ1v) is 6.05. The second kappa shape index (κ2) is 8.48. The maximum Gasteiger partial charge on any atom is 0.312 e. The Bertz CT molecular complexity index is 183. The Morgan fingerprint density at radius 2 is 1.44 bits per heavy atom. The SMILES string of the molecule is CCCCC(F)C(C(=O)O)C(F)CCCC. The van der Waals surface area contributed by atoms with Gasteiger partial charge in [-0.05, 0) is 12.8 Å². The number of carbonyl (C=O) groups is 1. The number of carboxylic acid groups (broad SMARTS) is 1. The summed E-state index contributed by atoms with van der Waals surface area (Å²) in [5.74, 6) is -2.84. The molecule has 0 saturated heterocycles. The van der Waals surface area contributed by atoms with Gasteiger partial charge in [-0.3, -0.25) is 4.79 Å². The molecule has 0 aromatic rings. The van der Waals surface area contributed by atoms with Crippen molar-refractivity contribution in [3.63, 3.8) is 0 Å². The molecule has 0 rings (SSSR count). The van der Waals surface area contributed by atoms with Crippen LogP contribution in [0.4, 0.5) is 8.78 Å². The van der Waals surface area contributed by atoms with Gasteiger partial charge >= 0.3 is 5.97 Å². The lowest BCUT2D eigenvalue weighted by molar-refractivity contribution is -0.147. The summed E-state index contributed by atoms with van der Waals surface area (Å²) in [7, 11) is 0. The van der Waals surface area contributed by atoms with Crippen LogP contribution in [0.1, 0.15) is 52.4 Å². The van der Waals surface area contributed by atoms with Crippen molar-refractivity contribution in [1.82, 2.24) is 0 Å². The largest absolute Gasteiger partial charge is 0.481 e. The minimum atomic E-state index is -1.57. The Hall–Kier alpha value is -0.670. The summed E-state index contributed by atoms with van der Waals surface area (Å²) in [6.45, 7) is 3.79. The Morgan fingerprint density at radius 1 is 1.06 bits per heavy atom. The molecule has 0 spiro atoms. The molecule has 96 valence electrons. The van der Waals surface area contributed by atoms with Gasteiger partial charge in [-0.1, -0.05) is 39.5 Å². The average Bonchev–Trinajstić information content (AvgIpc) is 2.23. The minimum absolute atomic E-state index is 0.139. The van der Waals surface area contributed by atoms with Gasteiger partial charge in [-0.15, -0.1) is 0 Å². The van der Waals surface area contributed by atoms with Crippen LogP contribution in [0.2, 0.25) is 0 Å². The molecule has 0 aliphatic rings. The van der Waals surface area contributed by atoms with Gasteiger partial charge < -0.3 is 5.11 Å². The Morgan fingerprint density at radius 3 is 1.69 bits per heavy atom. The van der Waals surface area contributed by atoms with Crippen LogP contribution in [0.5, 0.6) is 0 Å². The molecule has 2 nitrogen and oxygen atoms in total. The predicted molar refractivity (Wildman–Crippen MR) is 60.0 cm³/mol. The van der Waals surface area contributed by atoms with E-state index >= 15 is 0 Å². The van der Waals surface area contributed by atoms with Gasteiger partial charge in [-0.25, -0.2) is 8.78 Å². The van der Waals surface area contributed by atoms with E-state index in [1.807, 2.05) is 13.8 Å². The number of aliphatic carboxylic acids is 1. The van der Waals surface area contributed by atoms with Crippen LogP contribution in [0.15, 0.2) is 0 Å². The van der Waals surface area contributed by atoms with Crippen LogP contribution in [0, 0.1) is 5.92 Å². The van der Waals surface area contributed by atoms with Crippen molar-refractivity contribution in [2.45, 2.75) is 64.7 Å². The first-order valence-electron chi connectivity index (χ1n) is 6.05.